The second kappa shape index (κ2) is 13.6. The molecule has 0 aliphatic heterocycles. The first-order valence-corrected chi connectivity index (χ1v) is 17.4. The zero-order chi connectivity index (χ0) is 34.0. The number of hydrogen-bond donors (Lipinski definition) is 2. The predicted octanol–water partition coefficient (Wildman–Crippen LogP) is 9.98. The second-order valence-electron chi connectivity index (χ2n) is 13.1. The highest BCUT2D eigenvalue weighted by molar-refractivity contribution is 6.23. The van der Waals surface area contributed by atoms with Crippen molar-refractivity contribution >= 4 is 44.4 Å². The average Bonchev–Trinajstić information content (AvgIpc) is 3.51. The van der Waals surface area contributed by atoms with Gasteiger partial charge in [-0.2, -0.15) is 0 Å². The molecule has 1 aromatic heterocycles. The maximum absolute atomic E-state index is 6.94. The average molecular weight is 652 g/mol. The number of hydrazine groups is 1. The minimum absolute atomic E-state index is 0.493. The van der Waals surface area contributed by atoms with E-state index < -0.39 is 6.29 Å². The summed E-state index contributed by atoms with van der Waals surface area (Å²) in [6.45, 7) is 4.80. The lowest BCUT2D eigenvalue weighted by Crippen LogP contribution is -2.48. The molecule has 8 rings (SSSR count). The van der Waals surface area contributed by atoms with Crippen molar-refractivity contribution in [2.24, 2.45) is 10.8 Å². The summed E-state index contributed by atoms with van der Waals surface area (Å²) in [6, 6.07) is 47.3. The van der Waals surface area contributed by atoms with E-state index in [1.165, 1.54) is 60.4 Å². The van der Waals surface area contributed by atoms with Crippen LogP contribution in [0.15, 0.2) is 156 Å². The van der Waals surface area contributed by atoms with Crippen LogP contribution in [0.4, 0.5) is 0 Å². The van der Waals surface area contributed by atoms with Crippen LogP contribution in [-0.4, -0.2) is 22.1 Å². The predicted molar refractivity (Wildman–Crippen MR) is 210 cm³/mol. The lowest BCUT2D eigenvalue weighted by Gasteiger charge is -2.29. The Bertz CT molecular complexity index is 2430. The van der Waals surface area contributed by atoms with Gasteiger partial charge in [-0.3, -0.25) is 10.8 Å². The molecule has 0 amide bonds. The number of aryl methyl sites for hydroxylation is 2. The molecule has 6 aromatic carbocycles. The molecule has 1 aliphatic rings. The zero-order valence-corrected chi connectivity index (χ0v) is 28.6. The largest absolute Gasteiger partial charge is 0.353 e. The first-order valence-electron chi connectivity index (χ1n) is 17.4. The Morgan fingerprint density at radius 1 is 0.800 bits per heavy atom. The quantitative estimate of drug-likeness (QED) is 0.0707. The molecule has 0 saturated heterocycles. The Hall–Kier alpha value is -5.75. The van der Waals surface area contributed by atoms with Crippen molar-refractivity contribution in [2.45, 2.75) is 39.5 Å². The number of fused-ring (bicyclic) bond motifs is 5. The molecular formula is C45H41N5. The van der Waals surface area contributed by atoms with Crippen LogP contribution in [0, 0.1) is 13.8 Å². The number of para-hydroxylation sites is 2. The topological polar surface area (TPSA) is 58.6 Å². The van der Waals surface area contributed by atoms with Crippen molar-refractivity contribution in [1.29, 1.82) is 0 Å². The van der Waals surface area contributed by atoms with Gasteiger partial charge in [0.1, 0.15) is 0 Å². The van der Waals surface area contributed by atoms with Gasteiger partial charge in [-0.15, -0.1) is 0 Å². The zero-order valence-electron chi connectivity index (χ0n) is 28.6. The van der Waals surface area contributed by atoms with Gasteiger partial charge in [-0.05, 0) is 84.2 Å². The minimum Gasteiger partial charge on any atom is -0.353 e. The molecule has 50 heavy (non-hydrogen) atoms. The summed E-state index contributed by atoms with van der Waals surface area (Å²) in [5.74, 6) is 6.94. The fourth-order valence-electron chi connectivity index (χ4n) is 7.27. The lowest BCUT2D eigenvalue weighted by atomic mass is 9.90. The summed E-state index contributed by atoms with van der Waals surface area (Å²) in [6.07, 6.45) is 7.82. The van der Waals surface area contributed by atoms with E-state index in [4.69, 9.17) is 10.8 Å². The molecule has 1 aliphatic carbocycles. The van der Waals surface area contributed by atoms with Crippen molar-refractivity contribution in [2.75, 3.05) is 0 Å². The molecule has 0 fully saturated rings. The van der Waals surface area contributed by atoms with Gasteiger partial charge in [-0.25, -0.2) is 5.01 Å². The van der Waals surface area contributed by atoms with E-state index in [1.807, 2.05) is 17.3 Å². The molecule has 1 unspecified atom stereocenters. The van der Waals surface area contributed by atoms with Gasteiger partial charge in [0, 0.05) is 45.9 Å². The number of aliphatic imine (C=N–C) groups is 1. The van der Waals surface area contributed by atoms with Crippen LogP contribution in [0.25, 0.3) is 43.8 Å². The molecule has 0 bridgehead atoms. The van der Waals surface area contributed by atoms with Crippen molar-refractivity contribution in [1.82, 2.24) is 14.9 Å². The Balaban J connectivity index is 1.32. The van der Waals surface area contributed by atoms with Crippen LogP contribution in [0.5, 0.6) is 0 Å². The number of allylic oxidation sites excluding steroid dienone is 4. The van der Waals surface area contributed by atoms with E-state index in [0.717, 1.165) is 29.8 Å². The first kappa shape index (κ1) is 31.5. The van der Waals surface area contributed by atoms with Gasteiger partial charge < -0.3 is 9.88 Å². The smallest absolute Gasteiger partial charge is 0.188 e. The van der Waals surface area contributed by atoms with Crippen molar-refractivity contribution < 1.29 is 0 Å². The summed E-state index contributed by atoms with van der Waals surface area (Å²) in [5, 5.41) is 10.6. The molecule has 3 N–H and O–H groups in total. The first-order chi connectivity index (χ1) is 24.6. The Morgan fingerprint density at radius 2 is 1.50 bits per heavy atom. The summed E-state index contributed by atoms with van der Waals surface area (Å²) >= 11 is 0. The molecule has 1 atom stereocenters. The highest BCUT2D eigenvalue weighted by Crippen LogP contribution is 2.42. The van der Waals surface area contributed by atoms with Gasteiger partial charge in [0.2, 0.25) is 0 Å². The highest BCUT2D eigenvalue weighted by atomic mass is 15.5. The molecule has 5 nitrogen and oxygen atoms in total. The van der Waals surface area contributed by atoms with Gasteiger partial charge >= 0.3 is 0 Å². The van der Waals surface area contributed by atoms with Crippen LogP contribution < -0.4 is 11.2 Å². The number of aromatic nitrogens is 1. The molecule has 7 aromatic rings. The van der Waals surface area contributed by atoms with Crippen molar-refractivity contribution in [3.8, 4) is 5.69 Å². The normalized spacial score (nSPS) is 14.1. The molecule has 5 heteroatoms. The number of nitrogens with zero attached hydrogens (tertiary/aromatic N) is 3. The maximum Gasteiger partial charge on any atom is 0.188 e. The van der Waals surface area contributed by atoms with E-state index in [1.54, 1.807) is 0 Å². The Kier molecular flexibility index (Phi) is 8.59. The van der Waals surface area contributed by atoms with Crippen LogP contribution >= 0.6 is 0 Å². The monoisotopic (exact) mass is 651 g/mol. The van der Waals surface area contributed by atoms with E-state index in [2.05, 4.69) is 163 Å². The number of nitrogens with one attached hydrogen (secondary N) is 1. The number of nitrogens with two attached hydrogens (primary N) is 1. The van der Waals surface area contributed by atoms with E-state index >= 15 is 0 Å². The third-order valence-electron chi connectivity index (χ3n) is 9.91. The van der Waals surface area contributed by atoms with Crippen LogP contribution in [0.3, 0.4) is 0 Å². The number of rotatable bonds is 9. The molecule has 0 saturated carbocycles. The van der Waals surface area contributed by atoms with Crippen LogP contribution in [0.1, 0.15) is 40.7 Å². The maximum atomic E-state index is 6.94. The number of hydrogen-bond acceptors (Lipinski definition) is 4. The van der Waals surface area contributed by atoms with E-state index in [0.29, 0.717) is 6.54 Å². The molecular weight excluding hydrogens is 611 g/mol. The molecule has 1 heterocycles. The number of benzene rings is 6. The third kappa shape index (κ3) is 5.91. The Morgan fingerprint density at radius 3 is 2.32 bits per heavy atom. The van der Waals surface area contributed by atoms with E-state index in [-0.39, 0.29) is 0 Å². The molecule has 246 valence electrons. The van der Waals surface area contributed by atoms with Crippen molar-refractivity contribution in [3.63, 3.8) is 0 Å². The van der Waals surface area contributed by atoms with Crippen molar-refractivity contribution in [3.05, 3.63) is 179 Å². The summed E-state index contributed by atoms with van der Waals surface area (Å²) in [7, 11) is 0. The summed E-state index contributed by atoms with van der Waals surface area (Å²) < 4.78 is 2.43. The fraction of sp³-hybridized carbons (Fsp3) is 0.133. The summed E-state index contributed by atoms with van der Waals surface area (Å²) in [5.41, 5.74) is 11.7. The molecule has 0 spiro atoms. The van der Waals surface area contributed by atoms with Crippen LogP contribution in [0.2, 0.25) is 0 Å². The fourth-order valence-corrected chi connectivity index (χ4v) is 7.27. The second-order valence-corrected chi connectivity index (χ2v) is 13.1. The van der Waals surface area contributed by atoms with Crippen LogP contribution in [-0.2, 0) is 6.54 Å². The Labute approximate surface area is 293 Å². The summed E-state index contributed by atoms with van der Waals surface area (Å²) in [4.78, 5) is 5.11. The van der Waals surface area contributed by atoms with Gasteiger partial charge in [0.05, 0.1) is 11.0 Å². The highest BCUT2D eigenvalue weighted by Gasteiger charge is 2.24. The lowest BCUT2D eigenvalue weighted by molar-refractivity contribution is 0.174. The third-order valence-corrected chi connectivity index (χ3v) is 9.91. The van der Waals surface area contributed by atoms with Gasteiger partial charge in [-0.1, -0.05) is 121 Å². The van der Waals surface area contributed by atoms with Gasteiger partial charge in [0.15, 0.2) is 6.29 Å². The van der Waals surface area contributed by atoms with Gasteiger partial charge in [0.25, 0.3) is 0 Å². The SMILES string of the molecule is Cc1ccccc1/C=N/C(NC1=C(c2cc3ccccc3c3c2c2ccccc2n3-c2ccccc2)C=CCC1)N(N)Cc1ccccc1C. The standard InChI is InChI=1S/C45H41N5/c1-31-16-6-8-19-34(31)29-47-45(49(46)30-35-20-9-7-17-32(35)2)48-41-26-14-12-24-38(41)40-28-33-18-10-11-23-37(33)44-43(40)39-25-13-15-27-42(39)50(44)36-21-4-3-5-22-36/h3-13,15-25,27-29,45,48H,14,26,30,46H2,1-2H3/b47-29+. The minimum atomic E-state index is -0.493. The van der Waals surface area contributed by atoms with E-state index in [9.17, 15) is 0 Å². The molecule has 0 radical (unpaired) electrons.